The van der Waals surface area contributed by atoms with Crippen molar-refractivity contribution < 1.29 is 37.6 Å². The van der Waals surface area contributed by atoms with Crippen LogP contribution in [0.5, 0.6) is 0 Å². The molecule has 10 aromatic heterocycles. The maximum atomic E-state index is 12.3. The van der Waals surface area contributed by atoms with Gasteiger partial charge in [0.25, 0.3) is 0 Å². The highest BCUT2D eigenvalue weighted by molar-refractivity contribution is 5.83. The lowest BCUT2D eigenvalue weighted by atomic mass is 9.89. The standard InChI is InChI=1S/C28H33N7O2.2C27H31N7O2.C26H31N7O2/c1-18-10-20-11-24(22-14-30-32(3)16-22)21(13-29)12-27(20)34(15-18)28-25-17-33(19(2)36)7-4-26(25)35(31-28)23-5-8-37-9-6-23;2*1-31-17-21(16-28-31)19-4-5-24-20(15-19)3-2-10-33(24)27-23-18-32(26-9-14-36-30-26)11-6-25(23)34(29-27)22-7-12-35-13-8-22;1-17(34)31-11-8-24-22(16-31)26(29-33(24)21-7-9-27-25(35)13-21)32-10-3-4-19-12-18(5-6-23(19)32)20-14-28-30(2)15-20/h11-12,14,16,18,23H,4-10,15,17H2,1-3H3;2*4-5,9,14-17,22H,2-3,6-8,10-13,18H2,1H3;5-6,12,14-15,21H,3-4,7-11,13,16H2,1-2H3,(H,27,35). The lowest BCUT2D eigenvalue weighted by Gasteiger charge is -2.35. The second-order valence-electron chi connectivity index (χ2n) is 40.7. The molecule has 2 atom stereocenters. The van der Waals surface area contributed by atoms with E-state index in [-0.39, 0.29) is 23.8 Å². The normalized spacial score (nSPS) is 19.1. The van der Waals surface area contributed by atoms with E-state index in [1.54, 1.807) is 31.1 Å². The molecule has 0 radical (unpaired) electrons. The number of anilines is 10. The molecule has 0 bridgehead atoms. The number of nitrogens with zero attached hydrogens (tertiary/aromatic N) is 27. The Kier molecular flexibility index (Phi) is 25.9. The molecule has 0 aliphatic carbocycles. The molecule has 22 heterocycles. The summed E-state index contributed by atoms with van der Waals surface area (Å²) in [5.74, 6) is 6.53. The first kappa shape index (κ1) is 93.2. The average molecular weight is 1940 g/mol. The third-order valence-corrected chi connectivity index (χ3v) is 31.3. The second-order valence-corrected chi connectivity index (χ2v) is 40.7. The van der Waals surface area contributed by atoms with Crippen LogP contribution in [0.25, 0.3) is 44.5 Å². The number of fused-ring (bicyclic) bond motifs is 8. The van der Waals surface area contributed by atoms with E-state index >= 15 is 0 Å². The predicted octanol–water partition coefficient (Wildman–Crippen LogP) is 15.0. The number of aryl methyl sites for hydroxylation is 7. The van der Waals surface area contributed by atoms with Crippen molar-refractivity contribution in [1.29, 1.82) is 5.26 Å². The van der Waals surface area contributed by atoms with E-state index in [0.717, 1.165) is 294 Å². The molecule has 4 aromatic carbocycles. The highest BCUT2D eigenvalue weighted by Crippen LogP contribution is 2.49. The fraction of sp³-hybridized carbons (Fsp3) is 0.463. The van der Waals surface area contributed by atoms with Gasteiger partial charge in [-0.25, -0.2) is 0 Å². The molecule has 26 rings (SSSR count). The Morgan fingerprint density at radius 2 is 0.785 bits per heavy atom. The number of amides is 3. The molecule has 4 fully saturated rings. The van der Waals surface area contributed by atoms with Gasteiger partial charge >= 0.3 is 0 Å². The van der Waals surface area contributed by atoms with Gasteiger partial charge in [0.1, 0.15) is 12.5 Å². The highest BCUT2D eigenvalue weighted by atomic mass is 16.5. The zero-order chi connectivity index (χ0) is 97.9. The van der Waals surface area contributed by atoms with Gasteiger partial charge in [-0.15, -0.1) is 0 Å². The molecule has 1 N–H and O–H groups in total. The number of hydrogen-bond acceptors (Lipinski definition) is 25. The second kappa shape index (κ2) is 40.0. The molecule has 12 aliphatic rings. The summed E-state index contributed by atoms with van der Waals surface area (Å²) in [5, 5.41) is 59.9. The molecule has 0 saturated carbocycles. The summed E-state index contributed by atoms with van der Waals surface area (Å²) < 4.78 is 43.6. The zero-order valence-electron chi connectivity index (χ0n) is 83.4. The summed E-state index contributed by atoms with van der Waals surface area (Å²) in [6.07, 6.45) is 37.2. The van der Waals surface area contributed by atoms with E-state index < -0.39 is 0 Å². The third-order valence-electron chi connectivity index (χ3n) is 31.3. The maximum Gasteiger partial charge on any atom is 0.222 e. The number of rotatable bonds is 14. The molecule has 36 heteroatoms. The summed E-state index contributed by atoms with van der Waals surface area (Å²) in [6, 6.07) is 32.0. The summed E-state index contributed by atoms with van der Waals surface area (Å²) in [6.45, 7) is 20.6. The van der Waals surface area contributed by atoms with Crippen molar-refractivity contribution in [2.24, 2.45) is 34.1 Å². The fourth-order valence-corrected chi connectivity index (χ4v) is 23.9. The number of nitrogens with one attached hydrogen (secondary N) is 1. The Bertz CT molecular complexity index is 6890. The molecule has 4 saturated heterocycles. The van der Waals surface area contributed by atoms with Gasteiger partial charge in [0.15, 0.2) is 34.9 Å². The van der Waals surface area contributed by atoms with Crippen LogP contribution < -0.4 is 34.7 Å². The number of aromatic nitrogens is 18. The molecule has 12 aliphatic heterocycles. The topological polar surface area (TPSA) is 335 Å². The van der Waals surface area contributed by atoms with E-state index in [1.807, 2.05) is 107 Å². The number of hydrogen-bond donors (Lipinski definition) is 1. The summed E-state index contributed by atoms with van der Waals surface area (Å²) >= 11 is 0. The number of carbonyl (C=O) groups excluding carboxylic acids is 3. The van der Waals surface area contributed by atoms with Gasteiger partial charge in [-0.1, -0.05) is 35.4 Å². The van der Waals surface area contributed by atoms with Crippen LogP contribution in [-0.4, -0.2) is 215 Å². The molecular formula is C108H126N28O8. The number of piperidine rings is 1. The Hall–Kier alpha value is -14.4. The van der Waals surface area contributed by atoms with E-state index in [2.05, 4.69) is 170 Å². The van der Waals surface area contributed by atoms with Crippen molar-refractivity contribution in [2.75, 3.05) is 128 Å². The largest absolute Gasteiger partial charge is 0.381 e. The molecule has 0 spiro atoms. The van der Waals surface area contributed by atoms with Crippen LogP contribution >= 0.6 is 0 Å². The molecule has 36 nitrogen and oxygen atoms in total. The lowest BCUT2D eigenvalue weighted by molar-refractivity contribution is -0.130. The van der Waals surface area contributed by atoms with Crippen LogP contribution in [-0.2, 0) is 134 Å². The van der Waals surface area contributed by atoms with Gasteiger partial charge in [0.2, 0.25) is 17.7 Å². The van der Waals surface area contributed by atoms with Gasteiger partial charge in [-0.3, -0.25) is 51.8 Å². The van der Waals surface area contributed by atoms with Gasteiger partial charge in [-0.2, -0.15) is 46.1 Å². The van der Waals surface area contributed by atoms with Crippen molar-refractivity contribution in [3.8, 4) is 50.6 Å². The summed E-state index contributed by atoms with van der Waals surface area (Å²) in [5.41, 5.74) is 29.6. The van der Waals surface area contributed by atoms with E-state index in [4.69, 9.17) is 43.7 Å². The van der Waals surface area contributed by atoms with Crippen LogP contribution in [0.1, 0.15) is 188 Å². The number of carbonyl (C=O) groups is 3. The van der Waals surface area contributed by atoms with Crippen molar-refractivity contribution in [2.45, 2.75) is 193 Å². The first-order valence-corrected chi connectivity index (χ1v) is 51.6. The summed E-state index contributed by atoms with van der Waals surface area (Å²) in [4.78, 5) is 54.7. The first-order chi connectivity index (χ1) is 70.4. The minimum atomic E-state index is 0.0624. The third kappa shape index (κ3) is 18.5. The van der Waals surface area contributed by atoms with Gasteiger partial charge in [0, 0.05) is 305 Å². The fourth-order valence-electron chi connectivity index (χ4n) is 23.9. The quantitative estimate of drug-likeness (QED) is 0.106. The zero-order valence-corrected chi connectivity index (χ0v) is 83.4. The Morgan fingerprint density at radius 1 is 0.403 bits per heavy atom. The van der Waals surface area contributed by atoms with Crippen LogP contribution in [0.4, 0.5) is 57.7 Å². The van der Waals surface area contributed by atoms with Crippen LogP contribution in [0, 0.1) is 17.2 Å². The lowest BCUT2D eigenvalue weighted by Crippen LogP contribution is -2.37. The van der Waals surface area contributed by atoms with Crippen LogP contribution in [0.15, 0.2) is 150 Å². The first-order valence-electron chi connectivity index (χ1n) is 51.6. The van der Waals surface area contributed by atoms with Crippen molar-refractivity contribution >= 4 is 75.4 Å². The Balaban J connectivity index is 0.000000106. The van der Waals surface area contributed by atoms with Gasteiger partial charge < -0.3 is 67.8 Å². The van der Waals surface area contributed by atoms with Crippen molar-refractivity contribution in [3.05, 3.63) is 214 Å². The van der Waals surface area contributed by atoms with E-state index in [1.165, 1.54) is 89.9 Å². The Morgan fingerprint density at radius 3 is 1.15 bits per heavy atom. The summed E-state index contributed by atoms with van der Waals surface area (Å²) in [7, 11) is 7.75. The molecular weight excluding hydrogens is 1820 g/mol. The van der Waals surface area contributed by atoms with Crippen molar-refractivity contribution in [3.63, 3.8) is 0 Å². The molecule has 746 valence electrons. The number of nitriles is 1. The monoisotopic (exact) mass is 1940 g/mol. The molecule has 14 aromatic rings. The number of ether oxygens (including phenoxy) is 3. The highest BCUT2D eigenvalue weighted by Gasteiger charge is 2.42. The van der Waals surface area contributed by atoms with Crippen LogP contribution in [0.3, 0.4) is 0 Å². The van der Waals surface area contributed by atoms with Crippen molar-refractivity contribution in [1.82, 2.24) is 104 Å². The minimum Gasteiger partial charge on any atom is -0.381 e. The molecule has 144 heavy (non-hydrogen) atoms. The maximum absolute atomic E-state index is 12.3. The predicted molar refractivity (Wildman–Crippen MR) is 545 cm³/mol. The SMILES string of the molecule is CC(=O)N1CCc2c(c(N3CC(C)Cc4cc(-c5cnn(C)c5)c(C#N)cc43)nn2C2CCOCC2)C1.CC(=O)N1CCc2c(c(N3CCCc4cc(-c5cnn(C)c5)ccc43)nn2C2CCNC(=O)C2)C1.Cn1cc(-c2ccc3c(c2)CCCN3c2nn(C3CCOCC3)c3c2CN(c2ccon2)CC3)cn1.Cn1cc(-c2ccc3c(c2)CCCN3c2nn(C3CCOCC3)c3c2CN(c2ccon2)CC3)cn1. The van der Waals surface area contributed by atoms with Crippen LogP contribution in [0.2, 0.25) is 0 Å². The van der Waals surface area contributed by atoms with E-state index in [0.29, 0.717) is 62.2 Å². The van der Waals surface area contributed by atoms with E-state index in [9.17, 15) is 19.6 Å². The Labute approximate surface area is 836 Å². The molecule has 3 amide bonds. The number of benzene rings is 4. The smallest absolute Gasteiger partial charge is 0.222 e. The van der Waals surface area contributed by atoms with Gasteiger partial charge in [-0.05, 0) is 183 Å². The minimum absolute atomic E-state index is 0.0624. The average Bonchev–Trinajstić information content (AvgIpc) is 1.58. The van der Waals surface area contributed by atoms with Gasteiger partial charge in [0.05, 0.1) is 86.8 Å². The molecule has 2 unspecified atom stereocenters.